The van der Waals surface area contributed by atoms with E-state index in [1.165, 1.54) is 5.56 Å². The second-order valence-electron chi connectivity index (χ2n) is 5.77. The molecule has 0 aliphatic carbocycles. The van der Waals surface area contributed by atoms with Crippen LogP contribution in [0.4, 0.5) is 4.79 Å². The lowest BCUT2D eigenvalue weighted by Gasteiger charge is -2.40. The number of benzene rings is 1. The van der Waals surface area contributed by atoms with Gasteiger partial charge in [0.25, 0.3) is 0 Å². The fraction of sp³-hybridized carbons (Fsp3) is 0.529. The van der Waals surface area contributed by atoms with Crippen molar-refractivity contribution in [1.82, 2.24) is 10.2 Å². The Morgan fingerprint density at radius 2 is 2.04 bits per heavy atom. The summed E-state index contributed by atoms with van der Waals surface area (Å²) in [5.74, 6) is 1.18. The molecule has 1 aromatic carbocycles. The van der Waals surface area contributed by atoms with Crippen LogP contribution in [0.5, 0.6) is 0 Å². The van der Waals surface area contributed by atoms with E-state index in [2.05, 4.69) is 24.4 Å². The summed E-state index contributed by atoms with van der Waals surface area (Å²) in [4.78, 5) is 25.3. The van der Waals surface area contributed by atoms with E-state index in [1.54, 1.807) is 0 Å². The second kappa shape index (κ2) is 8.82. The highest BCUT2D eigenvalue weighted by molar-refractivity contribution is 8.00. The van der Waals surface area contributed by atoms with Crippen molar-refractivity contribution in [2.75, 3.05) is 18.8 Å². The second-order valence-corrected chi connectivity index (χ2v) is 7.25. The molecule has 0 unspecified atom stereocenters. The summed E-state index contributed by atoms with van der Waals surface area (Å²) in [6.45, 7) is 3.52. The van der Waals surface area contributed by atoms with Gasteiger partial charge in [0.05, 0.1) is 6.04 Å². The molecule has 0 bridgehead atoms. The highest BCUT2D eigenvalue weighted by Crippen LogP contribution is 2.36. The first-order chi connectivity index (χ1) is 11.1. The summed E-state index contributed by atoms with van der Waals surface area (Å²) in [6, 6.07) is 9.89. The van der Waals surface area contributed by atoms with Crippen LogP contribution in [-0.4, -0.2) is 40.9 Å². The number of nitrogens with zero attached hydrogens (tertiary/aromatic N) is 1. The lowest BCUT2D eigenvalue weighted by atomic mass is 10.0. The van der Waals surface area contributed by atoms with Gasteiger partial charge in [0.1, 0.15) is 0 Å². The predicted molar refractivity (Wildman–Crippen MR) is 94.3 cm³/mol. The number of carbonyl (C=O) groups is 2. The van der Waals surface area contributed by atoms with Crippen LogP contribution in [-0.2, 0) is 4.79 Å². The Kier molecular flexibility index (Phi) is 6.77. The van der Waals surface area contributed by atoms with Crippen molar-refractivity contribution < 1.29 is 9.59 Å². The minimum atomic E-state index is -0.512. The van der Waals surface area contributed by atoms with Crippen molar-refractivity contribution in [3.8, 4) is 0 Å². The molecule has 1 heterocycles. The largest absolute Gasteiger partial charge is 0.352 e. The van der Waals surface area contributed by atoms with Crippen LogP contribution in [0.2, 0.25) is 0 Å². The quantitative estimate of drug-likeness (QED) is 0.785. The molecule has 1 aliphatic heterocycles. The molecular formula is C17H25N3O2S. The maximum Gasteiger partial charge on any atom is 0.312 e. The molecule has 23 heavy (non-hydrogen) atoms. The normalized spacial score (nSPS) is 21.0. The molecule has 5 nitrogen and oxygen atoms in total. The minimum absolute atomic E-state index is 0.145. The van der Waals surface area contributed by atoms with Gasteiger partial charge in [-0.05, 0) is 18.4 Å². The number of thioether (sulfide) groups is 1. The first-order valence-corrected chi connectivity index (χ1v) is 9.14. The number of hydrogen-bond acceptors (Lipinski definition) is 3. The van der Waals surface area contributed by atoms with Crippen molar-refractivity contribution in [2.24, 2.45) is 5.73 Å². The lowest BCUT2D eigenvalue weighted by molar-refractivity contribution is -0.133. The summed E-state index contributed by atoms with van der Waals surface area (Å²) in [6.07, 6.45) is 2.04. The lowest BCUT2D eigenvalue weighted by Crippen LogP contribution is -2.43. The fourth-order valence-corrected chi connectivity index (χ4v) is 4.12. The van der Waals surface area contributed by atoms with Crippen LogP contribution in [0.25, 0.3) is 0 Å². The highest BCUT2D eigenvalue weighted by atomic mass is 32.2. The van der Waals surface area contributed by atoms with E-state index in [0.717, 1.165) is 25.1 Å². The van der Waals surface area contributed by atoms with Crippen LogP contribution < -0.4 is 11.1 Å². The molecule has 2 rings (SSSR count). The van der Waals surface area contributed by atoms with Gasteiger partial charge in [0.15, 0.2) is 0 Å². The van der Waals surface area contributed by atoms with E-state index < -0.39 is 6.03 Å². The van der Waals surface area contributed by atoms with Gasteiger partial charge in [-0.15, -0.1) is 0 Å². The Bertz CT molecular complexity index is 524. The van der Waals surface area contributed by atoms with Crippen LogP contribution in [0.3, 0.4) is 0 Å². The Labute approximate surface area is 142 Å². The van der Waals surface area contributed by atoms with Crippen LogP contribution in [0.1, 0.15) is 37.8 Å². The van der Waals surface area contributed by atoms with Gasteiger partial charge in [-0.25, -0.2) is 4.79 Å². The number of unbranched alkanes of at least 4 members (excludes halogenated alkanes) is 1. The Morgan fingerprint density at radius 3 is 2.74 bits per heavy atom. The number of nitrogens with one attached hydrogen (secondary N) is 1. The zero-order valence-corrected chi connectivity index (χ0v) is 14.3. The van der Waals surface area contributed by atoms with Gasteiger partial charge in [0.2, 0.25) is 5.91 Å². The summed E-state index contributed by atoms with van der Waals surface area (Å²) in [7, 11) is 0. The zero-order valence-electron chi connectivity index (χ0n) is 13.5. The van der Waals surface area contributed by atoms with E-state index in [1.807, 2.05) is 34.9 Å². The Hall–Kier alpha value is -1.69. The maximum absolute atomic E-state index is 12.6. The molecule has 0 radical (unpaired) electrons. The number of rotatable bonds is 6. The predicted octanol–water partition coefficient (Wildman–Crippen LogP) is 2.53. The van der Waals surface area contributed by atoms with Crippen molar-refractivity contribution in [3.05, 3.63) is 35.9 Å². The third-order valence-electron chi connectivity index (χ3n) is 4.07. The standard InChI is InChI=1S/C17H25N3O2S/c1-13-16(14-7-3-2-4-8-14)20(11-12-23-13)15(21)9-5-6-10-19-17(18)22/h2-4,7-8,13,16H,5-6,9-12H2,1H3,(H3,18,19,22)/t13-,16+/m0/s1. The number of carbonyl (C=O) groups excluding carboxylic acids is 2. The third kappa shape index (κ3) is 5.16. The summed E-state index contributed by atoms with van der Waals surface area (Å²) in [5, 5.41) is 2.95. The molecule has 0 spiro atoms. The number of primary amides is 1. The van der Waals surface area contributed by atoms with Crippen molar-refractivity contribution >= 4 is 23.7 Å². The molecular weight excluding hydrogens is 310 g/mol. The molecule has 126 valence electrons. The Balaban J connectivity index is 1.92. The molecule has 1 fully saturated rings. The molecule has 0 aromatic heterocycles. The van der Waals surface area contributed by atoms with Crippen molar-refractivity contribution in [2.45, 2.75) is 37.5 Å². The molecule has 0 saturated carbocycles. The average molecular weight is 335 g/mol. The number of nitrogens with two attached hydrogens (primary N) is 1. The first kappa shape index (κ1) is 17.7. The zero-order chi connectivity index (χ0) is 16.7. The summed E-state index contributed by atoms with van der Waals surface area (Å²) >= 11 is 1.92. The molecule has 3 N–H and O–H groups in total. The molecule has 6 heteroatoms. The van der Waals surface area contributed by atoms with Crippen molar-refractivity contribution in [1.29, 1.82) is 0 Å². The van der Waals surface area contributed by atoms with Crippen LogP contribution in [0.15, 0.2) is 30.3 Å². The SMILES string of the molecule is C[C@@H]1SCCN(C(=O)CCCCNC(N)=O)[C@H]1c1ccccc1. The molecule has 1 aliphatic rings. The molecule has 1 saturated heterocycles. The topological polar surface area (TPSA) is 75.4 Å². The molecule has 1 aromatic rings. The molecule has 2 atom stereocenters. The first-order valence-electron chi connectivity index (χ1n) is 8.09. The third-order valence-corrected chi connectivity index (χ3v) is 5.27. The minimum Gasteiger partial charge on any atom is -0.352 e. The monoisotopic (exact) mass is 335 g/mol. The fourth-order valence-electron chi connectivity index (χ4n) is 2.96. The average Bonchev–Trinajstić information content (AvgIpc) is 2.54. The highest BCUT2D eigenvalue weighted by Gasteiger charge is 2.32. The van der Waals surface area contributed by atoms with E-state index >= 15 is 0 Å². The molecule has 3 amide bonds. The van der Waals surface area contributed by atoms with Crippen molar-refractivity contribution in [3.63, 3.8) is 0 Å². The van der Waals surface area contributed by atoms with E-state index in [9.17, 15) is 9.59 Å². The van der Waals surface area contributed by atoms with Gasteiger partial charge in [-0.1, -0.05) is 37.3 Å². The number of amides is 3. The van der Waals surface area contributed by atoms with E-state index in [0.29, 0.717) is 18.2 Å². The van der Waals surface area contributed by atoms with Gasteiger partial charge in [0, 0.05) is 30.5 Å². The van der Waals surface area contributed by atoms with Crippen LogP contribution in [0, 0.1) is 0 Å². The van der Waals surface area contributed by atoms with Gasteiger partial charge in [-0.2, -0.15) is 11.8 Å². The Morgan fingerprint density at radius 1 is 1.30 bits per heavy atom. The number of hydrogen-bond donors (Lipinski definition) is 2. The smallest absolute Gasteiger partial charge is 0.312 e. The van der Waals surface area contributed by atoms with Gasteiger partial charge >= 0.3 is 6.03 Å². The van der Waals surface area contributed by atoms with E-state index in [4.69, 9.17) is 5.73 Å². The van der Waals surface area contributed by atoms with E-state index in [-0.39, 0.29) is 11.9 Å². The van der Waals surface area contributed by atoms with Gasteiger partial charge in [-0.3, -0.25) is 4.79 Å². The summed E-state index contributed by atoms with van der Waals surface area (Å²) < 4.78 is 0. The van der Waals surface area contributed by atoms with Gasteiger partial charge < -0.3 is 16.0 Å². The number of urea groups is 1. The maximum atomic E-state index is 12.6. The summed E-state index contributed by atoms with van der Waals surface area (Å²) in [5.41, 5.74) is 6.23. The van der Waals surface area contributed by atoms with Crippen LogP contribution >= 0.6 is 11.8 Å².